The zero-order chi connectivity index (χ0) is 15.4. The van der Waals surface area contributed by atoms with Gasteiger partial charge in [0.15, 0.2) is 5.82 Å². The highest BCUT2D eigenvalue weighted by molar-refractivity contribution is 7.98. The van der Waals surface area contributed by atoms with Crippen molar-refractivity contribution in [2.45, 2.75) is 24.3 Å². The third-order valence-electron chi connectivity index (χ3n) is 2.89. The van der Waals surface area contributed by atoms with Crippen molar-refractivity contribution in [3.8, 4) is 17.2 Å². The van der Waals surface area contributed by atoms with Crippen LogP contribution >= 0.6 is 11.8 Å². The molecule has 22 heavy (non-hydrogen) atoms. The Labute approximate surface area is 131 Å². The smallest absolute Gasteiger partial charge is 0.277 e. The normalized spacial score (nSPS) is 10.8. The number of aryl methyl sites for hydroxylation is 1. The molecule has 7 nitrogen and oxygen atoms in total. The van der Waals surface area contributed by atoms with Gasteiger partial charge < -0.3 is 13.7 Å². The first-order valence-corrected chi connectivity index (χ1v) is 7.69. The van der Waals surface area contributed by atoms with E-state index in [1.54, 1.807) is 7.11 Å². The summed E-state index contributed by atoms with van der Waals surface area (Å²) >= 11 is 1.36. The lowest BCUT2D eigenvalue weighted by Gasteiger charge is -1.99. The first-order valence-electron chi connectivity index (χ1n) is 6.70. The predicted molar refractivity (Wildman–Crippen MR) is 79.5 cm³/mol. The fourth-order valence-corrected chi connectivity index (χ4v) is 2.33. The van der Waals surface area contributed by atoms with Gasteiger partial charge in [0.1, 0.15) is 5.75 Å². The van der Waals surface area contributed by atoms with Crippen LogP contribution in [0.2, 0.25) is 0 Å². The minimum Gasteiger partial charge on any atom is -0.497 e. The van der Waals surface area contributed by atoms with Gasteiger partial charge >= 0.3 is 0 Å². The van der Waals surface area contributed by atoms with Crippen molar-refractivity contribution in [1.82, 2.24) is 20.3 Å². The van der Waals surface area contributed by atoms with Gasteiger partial charge in [0.2, 0.25) is 11.8 Å². The van der Waals surface area contributed by atoms with Crippen LogP contribution in [0, 0.1) is 0 Å². The average Bonchev–Trinajstić information content (AvgIpc) is 3.22. The second-order valence-electron chi connectivity index (χ2n) is 4.35. The van der Waals surface area contributed by atoms with Crippen molar-refractivity contribution in [2.75, 3.05) is 7.11 Å². The van der Waals surface area contributed by atoms with Gasteiger partial charge in [0, 0.05) is 12.0 Å². The van der Waals surface area contributed by atoms with Crippen molar-refractivity contribution >= 4 is 11.8 Å². The molecular formula is C14H14N4O3S. The van der Waals surface area contributed by atoms with Crippen LogP contribution < -0.4 is 4.74 Å². The Morgan fingerprint density at radius 2 is 2.00 bits per heavy atom. The summed E-state index contributed by atoms with van der Waals surface area (Å²) < 4.78 is 15.8. The van der Waals surface area contributed by atoms with E-state index in [0.29, 0.717) is 28.6 Å². The van der Waals surface area contributed by atoms with Gasteiger partial charge in [-0.1, -0.05) is 23.8 Å². The van der Waals surface area contributed by atoms with Crippen molar-refractivity contribution < 1.29 is 13.7 Å². The lowest BCUT2D eigenvalue weighted by Crippen LogP contribution is -1.84. The quantitative estimate of drug-likeness (QED) is 0.641. The van der Waals surface area contributed by atoms with Crippen LogP contribution in [-0.4, -0.2) is 27.4 Å². The Morgan fingerprint density at radius 3 is 2.68 bits per heavy atom. The number of ether oxygens (including phenoxy) is 1. The Balaban J connectivity index is 1.65. The molecule has 0 atom stereocenters. The van der Waals surface area contributed by atoms with E-state index in [4.69, 9.17) is 13.7 Å². The summed E-state index contributed by atoms with van der Waals surface area (Å²) in [7, 11) is 1.62. The second kappa shape index (κ2) is 6.61. The third-order valence-corrected chi connectivity index (χ3v) is 3.69. The lowest BCUT2D eigenvalue weighted by atomic mass is 10.2. The molecule has 0 amide bonds. The monoisotopic (exact) mass is 318 g/mol. The first-order chi connectivity index (χ1) is 10.8. The highest BCUT2D eigenvalue weighted by Crippen LogP contribution is 2.26. The molecule has 0 unspecified atom stereocenters. The number of nitrogens with zero attached hydrogens (tertiary/aromatic N) is 4. The zero-order valence-electron chi connectivity index (χ0n) is 12.1. The van der Waals surface area contributed by atoms with Crippen LogP contribution in [0.5, 0.6) is 5.75 Å². The van der Waals surface area contributed by atoms with Crippen LogP contribution in [0.15, 0.2) is 38.4 Å². The number of thioether (sulfide) groups is 1. The van der Waals surface area contributed by atoms with Gasteiger partial charge in [0.05, 0.1) is 12.9 Å². The topological polar surface area (TPSA) is 87.1 Å². The van der Waals surface area contributed by atoms with Crippen molar-refractivity contribution in [2.24, 2.45) is 0 Å². The van der Waals surface area contributed by atoms with E-state index in [1.165, 1.54) is 11.8 Å². The minimum atomic E-state index is 0.460. The van der Waals surface area contributed by atoms with Crippen LogP contribution in [0.25, 0.3) is 11.5 Å². The number of benzene rings is 1. The number of aromatic nitrogens is 4. The molecule has 1 aromatic carbocycles. The van der Waals surface area contributed by atoms with Crippen LogP contribution in [-0.2, 0) is 12.2 Å². The molecule has 8 heteroatoms. The van der Waals surface area contributed by atoms with E-state index in [9.17, 15) is 0 Å². The molecule has 0 saturated heterocycles. The summed E-state index contributed by atoms with van der Waals surface area (Å²) in [5.74, 6) is 2.98. The molecule has 0 bridgehead atoms. The SMILES string of the molecule is CCc1noc(CSc2nnc(-c3ccc(OC)cc3)o2)n1. The molecule has 0 saturated carbocycles. The lowest BCUT2D eigenvalue weighted by molar-refractivity contribution is 0.384. The maximum atomic E-state index is 5.61. The Kier molecular flexibility index (Phi) is 4.38. The average molecular weight is 318 g/mol. The molecule has 0 aliphatic heterocycles. The van der Waals surface area contributed by atoms with E-state index in [-0.39, 0.29) is 0 Å². The van der Waals surface area contributed by atoms with E-state index in [0.717, 1.165) is 17.7 Å². The fourth-order valence-electron chi connectivity index (χ4n) is 1.73. The maximum absolute atomic E-state index is 5.61. The molecule has 2 aromatic heterocycles. The molecule has 0 N–H and O–H groups in total. The molecule has 0 aliphatic rings. The zero-order valence-corrected chi connectivity index (χ0v) is 13.0. The van der Waals surface area contributed by atoms with Crippen LogP contribution in [0.4, 0.5) is 0 Å². The molecule has 0 radical (unpaired) electrons. The standard InChI is InChI=1S/C14H14N4O3S/c1-3-11-15-12(21-18-11)8-22-14-17-16-13(20-14)9-4-6-10(19-2)7-5-9/h4-7H,3,8H2,1-2H3. The Morgan fingerprint density at radius 1 is 1.18 bits per heavy atom. The molecule has 3 rings (SSSR count). The van der Waals surface area contributed by atoms with Gasteiger partial charge in [-0.05, 0) is 24.3 Å². The molecule has 0 aliphatic carbocycles. The third kappa shape index (κ3) is 3.28. The highest BCUT2D eigenvalue weighted by atomic mass is 32.2. The Bertz CT molecular complexity index is 739. The van der Waals surface area contributed by atoms with Crippen LogP contribution in [0.1, 0.15) is 18.6 Å². The van der Waals surface area contributed by atoms with E-state index in [2.05, 4.69) is 20.3 Å². The van der Waals surface area contributed by atoms with Crippen molar-refractivity contribution in [1.29, 1.82) is 0 Å². The molecule has 3 aromatic rings. The largest absolute Gasteiger partial charge is 0.497 e. The fraction of sp³-hybridized carbons (Fsp3) is 0.286. The van der Waals surface area contributed by atoms with Gasteiger partial charge in [-0.25, -0.2) is 0 Å². The number of methoxy groups -OCH3 is 1. The molecule has 114 valence electrons. The number of hydrogen-bond donors (Lipinski definition) is 0. The minimum absolute atomic E-state index is 0.460. The molecular weight excluding hydrogens is 304 g/mol. The highest BCUT2D eigenvalue weighted by Gasteiger charge is 2.11. The summed E-state index contributed by atoms with van der Waals surface area (Å²) in [6.07, 6.45) is 0.746. The second-order valence-corrected chi connectivity index (χ2v) is 5.27. The summed E-state index contributed by atoms with van der Waals surface area (Å²) in [6, 6.07) is 7.42. The van der Waals surface area contributed by atoms with Gasteiger partial charge in [-0.3, -0.25) is 0 Å². The predicted octanol–water partition coefficient (Wildman–Crippen LogP) is 2.98. The van der Waals surface area contributed by atoms with Gasteiger partial charge in [-0.2, -0.15) is 4.98 Å². The van der Waals surface area contributed by atoms with E-state index >= 15 is 0 Å². The molecule has 0 spiro atoms. The van der Waals surface area contributed by atoms with E-state index < -0.39 is 0 Å². The summed E-state index contributed by atoms with van der Waals surface area (Å²) in [5.41, 5.74) is 0.839. The van der Waals surface area contributed by atoms with Crippen molar-refractivity contribution in [3.63, 3.8) is 0 Å². The van der Waals surface area contributed by atoms with Gasteiger partial charge in [-0.15, -0.1) is 10.2 Å². The summed E-state index contributed by atoms with van der Waals surface area (Å²) in [4.78, 5) is 4.23. The molecule has 0 fully saturated rings. The maximum Gasteiger partial charge on any atom is 0.277 e. The van der Waals surface area contributed by atoms with E-state index in [1.807, 2.05) is 31.2 Å². The number of rotatable bonds is 6. The van der Waals surface area contributed by atoms with Crippen molar-refractivity contribution in [3.05, 3.63) is 36.0 Å². The Hall–Kier alpha value is -2.35. The number of hydrogen-bond acceptors (Lipinski definition) is 8. The summed E-state index contributed by atoms with van der Waals surface area (Å²) in [6.45, 7) is 1.97. The first kappa shape index (κ1) is 14.6. The van der Waals surface area contributed by atoms with Gasteiger partial charge in [0.25, 0.3) is 5.22 Å². The van der Waals surface area contributed by atoms with Crippen LogP contribution in [0.3, 0.4) is 0 Å². The summed E-state index contributed by atoms with van der Waals surface area (Å²) in [5, 5.41) is 12.3. The molecule has 2 heterocycles.